The number of nitrogens with two attached hydrogens (primary N) is 1. The summed E-state index contributed by atoms with van der Waals surface area (Å²) < 4.78 is 5.90. The molecule has 0 spiro atoms. The predicted molar refractivity (Wildman–Crippen MR) is 73.1 cm³/mol. The van der Waals surface area contributed by atoms with Crippen molar-refractivity contribution in [3.63, 3.8) is 0 Å². The van der Waals surface area contributed by atoms with E-state index in [1.54, 1.807) is 0 Å². The number of hydrogen-bond donors (Lipinski definition) is 2. The molecule has 1 atom stereocenters. The third kappa shape index (κ3) is 4.57. The SMILES string of the molecule is CCOC(CCN)C1CC(C)(C)NC(C)(C)C1. The van der Waals surface area contributed by atoms with Crippen LogP contribution < -0.4 is 11.1 Å². The highest BCUT2D eigenvalue weighted by Crippen LogP contribution is 2.36. The van der Waals surface area contributed by atoms with Gasteiger partial charge >= 0.3 is 0 Å². The summed E-state index contributed by atoms with van der Waals surface area (Å²) in [5.74, 6) is 0.616. The normalized spacial score (nSPS) is 25.8. The minimum Gasteiger partial charge on any atom is -0.378 e. The molecule has 1 aliphatic heterocycles. The molecule has 0 radical (unpaired) electrons. The van der Waals surface area contributed by atoms with Gasteiger partial charge in [-0.2, -0.15) is 0 Å². The molecule has 0 aromatic rings. The van der Waals surface area contributed by atoms with Crippen molar-refractivity contribution in [3.05, 3.63) is 0 Å². The quantitative estimate of drug-likeness (QED) is 0.777. The van der Waals surface area contributed by atoms with E-state index in [1.807, 2.05) is 0 Å². The smallest absolute Gasteiger partial charge is 0.0616 e. The van der Waals surface area contributed by atoms with Crippen molar-refractivity contribution in [1.82, 2.24) is 5.32 Å². The van der Waals surface area contributed by atoms with Crippen molar-refractivity contribution in [1.29, 1.82) is 0 Å². The number of rotatable bonds is 5. The summed E-state index contributed by atoms with van der Waals surface area (Å²) in [7, 11) is 0. The molecule has 1 aliphatic rings. The van der Waals surface area contributed by atoms with Gasteiger partial charge in [0.2, 0.25) is 0 Å². The van der Waals surface area contributed by atoms with Crippen LogP contribution in [0.3, 0.4) is 0 Å². The second-order valence-electron chi connectivity index (χ2n) is 6.63. The maximum Gasteiger partial charge on any atom is 0.0616 e. The van der Waals surface area contributed by atoms with Gasteiger partial charge in [-0.15, -0.1) is 0 Å². The maximum absolute atomic E-state index is 5.90. The molecule has 3 nitrogen and oxygen atoms in total. The first-order valence-electron chi connectivity index (χ1n) is 6.90. The molecule has 0 aromatic carbocycles. The number of hydrogen-bond acceptors (Lipinski definition) is 3. The number of ether oxygens (including phenoxy) is 1. The lowest BCUT2D eigenvalue weighted by atomic mass is 9.73. The Morgan fingerprint density at radius 1 is 1.24 bits per heavy atom. The van der Waals surface area contributed by atoms with Crippen molar-refractivity contribution in [2.45, 2.75) is 71.1 Å². The Balaban J connectivity index is 2.73. The van der Waals surface area contributed by atoms with E-state index in [-0.39, 0.29) is 11.1 Å². The molecule has 0 saturated carbocycles. The van der Waals surface area contributed by atoms with Gasteiger partial charge in [-0.3, -0.25) is 0 Å². The van der Waals surface area contributed by atoms with Crippen LogP contribution in [0.15, 0.2) is 0 Å². The van der Waals surface area contributed by atoms with Crippen LogP contribution in [0, 0.1) is 5.92 Å². The molecule has 1 rings (SSSR count). The lowest BCUT2D eigenvalue weighted by Crippen LogP contribution is -2.59. The summed E-state index contributed by atoms with van der Waals surface area (Å²) >= 11 is 0. The van der Waals surface area contributed by atoms with Crippen LogP contribution in [0.2, 0.25) is 0 Å². The standard InChI is InChI=1S/C14H30N2O/c1-6-17-12(7-8-15)11-9-13(2,3)16-14(4,5)10-11/h11-12,16H,6-10,15H2,1-5H3. The highest BCUT2D eigenvalue weighted by Gasteiger charge is 2.40. The second-order valence-corrected chi connectivity index (χ2v) is 6.63. The van der Waals surface area contributed by atoms with Gasteiger partial charge in [0.25, 0.3) is 0 Å². The summed E-state index contributed by atoms with van der Waals surface area (Å²) in [6.07, 6.45) is 3.64. The van der Waals surface area contributed by atoms with Gasteiger partial charge < -0.3 is 15.8 Å². The van der Waals surface area contributed by atoms with Crippen LogP contribution >= 0.6 is 0 Å². The first-order chi connectivity index (χ1) is 7.79. The topological polar surface area (TPSA) is 47.3 Å². The molecule has 17 heavy (non-hydrogen) atoms. The summed E-state index contributed by atoms with van der Waals surface area (Å²) in [6.45, 7) is 12.7. The monoisotopic (exact) mass is 242 g/mol. The molecule has 0 bridgehead atoms. The molecule has 1 heterocycles. The zero-order valence-corrected chi connectivity index (χ0v) is 12.2. The number of piperidine rings is 1. The fourth-order valence-corrected chi connectivity index (χ4v) is 3.50. The van der Waals surface area contributed by atoms with E-state index in [4.69, 9.17) is 10.5 Å². The third-order valence-corrected chi connectivity index (χ3v) is 3.58. The van der Waals surface area contributed by atoms with E-state index in [9.17, 15) is 0 Å². The first-order valence-corrected chi connectivity index (χ1v) is 6.90. The Kier molecular flexibility index (Phi) is 4.99. The van der Waals surface area contributed by atoms with Crippen LogP contribution in [0.4, 0.5) is 0 Å². The fourth-order valence-electron chi connectivity index (χ4n) is 3.50. The molecule has 1 fully saturated rings. The van der Waals surface area contributed by atoms with Gasteiger partial charge in [-0.05, 0) is 66.3 Å². The predicted octanol–water partition coefficient (Wildman–Crippen LogP) is 2.30. The van der Waals surface area contributed by atoms with Crippen LogP contribution in [-0.2, 0) is 4.74 Å². The highest BCUT2D eigenvalue weighted by atomic mass is 16.5. The summed E-state index contributed by atoms with van der Waals surface area (Å²) in [4.78, 5) is 0. The van der Waals surface area contributed by atoms with Gasteiger partial charge in [0, 0.05) is 17.7 Å². The molecule has 0 aliphatic carbocycles. The Labute approximate surface area is 106 Å². The molecule has 3 N–H and O–H groups in total. The Morgan fingerprint density at radius 3 is 2.18 bits per heavy atom. The van der Waals surface area contributed by atoms with Crippen LogP contribution in [0.1, 0.15) is 53.9 Å². The van der Waals surface area contributed by atoms with Crippen molar-refractivity contribution in [2.24, 2.45) is 11.7 Å². The molecule has 0 aromatic heterocycles. The van der Waals surface area contributed by atoms with Gasteiger partial charge in [0.05, 0.1) is 6.10 Å². The van der Waals surface area contributed by atoms with E-state index >= 15 is 0 Å². The second kappa shape index (κ2) is 5.68. The lowest BCUT2D eigenvalue weighted by molar-refractivity contribution is -0.0252. The van der Waals surface area contributed by atoms with E-state index in [0.29, 0.717) is 12.0 Å². The van der Waals surface area contributed by atoms with E-state index in [0.717, 1.165) is 19.6 Å². The summed E-state index contributed by atoms with van der Waals surface area (Å²) in [5, 5.41) is 3.71. The van der Waals surface area contributed by atoms with E-state index < -0.39 is 0 Å². The first kappa shape index (κ1) is 14.9. The molecular formula is C14H30N2O. The Bertz CT molecular complexity index is 216. The Hall–Kier alpha value is -0.120. The minimum absolute atomic E-state index is 0.191. The molecule has 1 saturated heterocycles. The number of nitrogens with one attached hydrogen (secondary N) is 1. The van der Waals surface area contributed by atoms with Gasteiger partial charge in [-0.1, -0.05) is 0 Å². The fraction of sp³-hybridized carbons (Fsp3) is 1.00. The average molecular weight is 242 g/mol. The van der Waals surface area contributed by atoms with Gasteiger partial charge in [-0.25, -0.2) is 0 Å². The average Bonchev–Trinajstić information content (AvgIpc) is 2.12. The largest absolute Gasteiger partial charge is 0.378 e. The molecule has 0 amide bonds. The molecule has 3 heteroatoms. The Morgan fingerprint density at radius 2 is 1.76 bits per heavy atom. The summed E-state index contributed by atoms with van der Waals surface area (Å²) in [5.41, 5.74) is 6.09. The maximum atomic E-state index is 5.90. The minimum atomic E-state index is 0.191. The van der Waals surface area contributed by atoms with Gasteiger partial charge in [0.15, 0.2) is 0 Å². The van der Waals surface area contributed by atoms with Crippen molar-refractivity contribution < 1.29 is 4.74 Å². The van der Waals surface area contributed by atoms with Crippen LogP contribution in [0.5, 0.6) is 0 Å². The van der Waals surface area contributed by atoms with Crippen molar-refractivity contribution in [3.8, 4) is 0 Å². The molecular weight excluding hydrogens is 212 g/mol. The van der Waals surface area contributed by atoms with Crippen LogP contribution in [-0.4, -0.2) is 30.3 Å². The van der Waals surface area contributed by atoms with E-state index in [2.05, 4.69) is 39.9 Å². The van der Waals surface area contributed by atoms with Crippen LogP contribution in [0.25, 0.3) is 0 Å². The van der Waals surface area contributed by atoms with E-state index in [1.165, 1.54) is 12.8 Å². The highest BCUT2D eigenvalue weighted by molar-refractivity contribution is 4.98. The molecule has 1 unspecified atom stereocenters. The van der Waals surface area contributed by atoms with Gasteiger partial charge in [0.1, 0.15) is 0 Å². The van der Waals surface area contributed by atoms with Crippen molar-refractivity contribution >= 4 is 0 Å². The summed E-state index contributed by atoms with van der Waals surface area (Å²) in [6, 6.07) is 0. The van der Waals surface area contributed by atoms with Crippen molar-refractivity contribution in [2.75, 3.05) is 13.2 Å². The zero-order chi connectivity index (χ0) is 13.1. The zero-order valence-electron chi connectivity index (χ0n) is 12.2. The third-order valence-electron chi connectivity index (χ3n) is 3.58. The molecule has 102 valence electrons. The lowest BCUT2D eigenvalue weighted by Gasteiger charge is -2.48.